The predicted molar refractivity (Wildman–Crippen MR) is 105 cm³/mol. The largest absolute Gasteiger partial charge is 0.372 e. The van der Waals surface area contributed by atoms with Crippen molar-refractivity contribution in [2.75, 3.05) is 36.4 Å². The van der Waals surface area contributed by atoms with Crippen LogP contribution >= 0.6 is 0 Å². The van der Waals surface area contributed by atoms with Gasteiger partial charge in [-0.05, 0) is 63.3 Å². The van der Waals surface area contributed by atoms with E-state index in [9.17, 15) is 9.59 Å². The van der Waals surface area contributed by atoms with Gasteiger partial charge in [-0.25, -0.2) is 0 Å². The molecule has 2 aliphatic rings. The number of hydrogen-bond acceptors (Lipinski definition) is 3. The first-order valence-corrected chi connectivity index (χ1v) is 9.98. The highest BCUT2D eigenvalue weighted by molar-refractivity contribution is 5.99. The molecular weight excluding hydrogens is 326 g/mol. The SMILES string of the molecule is CCN(CC)C(=O)C1CC1C(=O)Nc1ccc(N2CCC(C)CC2)cc1. The fourth-order valence-corrected chi connectivity index (χ4v) is 3.78. The Bertz CT molecular complexity index is 631. The highest BCUT2D eigenvalue weighted by atomic mass is 16.2. The van der Waals surface area contributed by atoms with Crippen LogP contribution in [0.25, 0.3) is 0 Å². The smallest absolute Gasteiger partial charge is 0.228 e. The third-order valence-corrected chi connectivity index (χ3v) is 5.80. The van der Waals surface area contributed by atoms with E-state index in [1.807, 2.05) is 30.9 Å². The lowest BCUT2D eigenvalue weighted by atomic mass is 9.99. The van der Waals surface area contributed by atoms with E-state index in [-0.39, 0.29) is 23.7 Å². The number of rotatable bonds is 6. The molecule has 1 N–H and O–H groups in total. The van der Waals surface area contributed by atoms with Gasteiger partial charge >= 0.3 is 0 Å². The van der Waals surface area contributed by atoms with E-state index < -0.39 is 0 Å². The molecule has 1 heterocycles. The van der Waals surface area contributed by atoms with E-state index in [1.54, 1.807) is 0 Å². The van der Waals surface area contributed by atoms with Crippen LogP contribution in [0.5, 0.6) is 0 Å². The van der Waals surface area contributed by atoms with Gasteiger partial charge in [-0.2, -0.15) is 0 Å². The van der Waals surface area contributed by atoms with E-state index in [2.05, 4.69) is 29.3 Å². The van der Waals surface area contributed by atoms with Crippen LogP contribution in [0.2, 0.25) is 0 Å². The number of anilines is 2. The summed E-state index contributed by atoms with van der Waals surface area (Å²) < 4.78 is 0. The highest BCUT2D eigenvalue weighted by Gasteiger charge is 2.49. The van der Waals surface area contributed by atoms with Crippen molar-refractivity contribution < 1.29 is 9.59 Å². The van der Waals surface area contributed by atoms with E-state index in [0.29, 0.717) is 19.5 Å². The summed E-state index contributed by atoms with van der Waals surface area (Å²) in [6, 6.07) is 8.10. The third kappa shape index (κ3) is 4.19. The Balaban J connectivity index is 1.52. The zero-order valence-electron chi connectivity index (χ0n) is 16.2. The van der Waals surface area contributed by atoms with Gasteiger partial charge in [0.2, 0.25) is 11.8 Å². The summed E-state index contributed by atoms with van der Waals surface area (Å²) in [6.07, 6.45) is 3.15. The van der Waals surface area contributed by atoms with Crippen LogP contribution in [0.3, 0.4) is 0 Å². The molecule has 26 heavy (non-hydrogen) atoms. The van der Waals surface area contributed by atoms with Crippen LogP contribution in [0.15, 0.2) is 24.3 Å². The number of amides is 2. The summed E-state index contributed by atoms with van der Waals surface area (Å²) in [5.41, 5.74) is 2.03. The maximum Gasteiger partial charge on any atom is 0.228 e. The number of nitrogens with zero attached hydrogens (tertiary/aromatic N) is 2. The zero-order chi connectivity index (χ0) is 18.7. The fraction of sp³-hybridized carbons (Fsp3) is 0.619. The summed E-state index contributed by atoms with van der Waals surface area (Å²) in [6.45, 7) is 9.88. The lowest BCUT2D eigenvalue weighted by Gasteiger charge is -2.32. The second-order valence-corrected chi connectivity index (χ2v) is 7.66. The molecule has 5 nitrogen and oxygen atoms in total. The summed E-state index contributed by atoms with van der Waals surface area (Å²) in [7, 11) is 0. The van der Waals surface area contributed by atoms with Crippen molar-refractivity contribution >= 4 is 23.2 Å². The average molecular weight is 357 g/mol. The first-order valence-electron chi connectivity index (χ1n) is 9.98. The molecule has 2 atom stereocenters. The van der Waals surface area contributed by atoms with Gasteiger partial charge in [0.1, 0.15) is 0 Å². The molecule has 0 aromatic heterocycles. The molecule has 142 valence electrons. The summed E-state index contributed by atoms with van der Waals surface area (Å²) >= 11 is 0. The van der Waals surface area contributed by atoms with Gasteiger partial charge in [0.25, 0.3) is 0 Å². The molecule has 0 bridgehead atoms. The molecule has 2 amide bonds. The van der Waals surface area contributed by atoms with Crippen LogP contribution < -0.4 is 10.2 Å². The lowest BCUT2D eigenvalue weighted by Crippen LogP contribution is -2.33. The molecule has 1 aromatic carbocycles. The predicted octanol–water partition coefficient (Wildman–Crippen LogP) is 3.37. The maximum absolute atomic E-state index is 12.4. The van der Waals surface area contributed by atoms with E-state index in [4.69, 9.17) is 0 Å². The van der Waals surface area contributed by atoms with Crippen molar-refractivity contribution in [2.45, 2.75) is 40.0 Å². The summed E-state index contributed by atoms with van der Waals surface area (Å²) in [4.78, 5) is 29.0. The lowest BCUT2D eigenvalue weighted by molar-refractivity contribution is -0.133. The van der Waals surface area contributed by atoms with E-state index >= 15 is 0 Å². The Morgan fingerprint density at radius 1 is 1.08 bits per heavy atom. The van der Waals surface area contributed by atoms with Crippen molar-refractivity contribution in [3.05, 3.63) is 24.3 Å². The molecule has 1 saturated heterocycles. The minimum atomic E-state index is -0.175. The quantitative estimate of drug-likeness (QED) is 0.849. The Labute approximate surface area is 156 Å². The number of piperidine rings is 1. The first-order chi connectivity index (χ1) is 12.5. The molecule has 1 saturated carbocycles. The van der Waals surface area contributed by atoms with Crippen LogP contribution in [0.4, 0.5) is 11.4 Å². The van der Waals surface area contributed by atoms with Gasteiger partial charge in [0, 0.05) is 37.6 Å². The summed E-state index contributed by atoms with van der Waals surface area (Å²) in [5, 5.41) is 2.97. The van der Waals surface area contributed by atoms with Gasteiger partial charge in [-0.1, -0.05) is 6.92 Å². The Hall–Kier alpha value is -2.04. The van der Waals surface area contributed by atoms with Gasteiger partial charge in [0.15, 0.2) is 0 Å². The van der Waals surface area contributed by atoms with Crippen molar-refractivity contribution in [3.63, 3.8) is 0 Å². The normalized spacial score (nSPS) is 22.8. The third-order valence-electron chi connectivity index (χ3n) is 5.80. The second kappa shape index (κ2) is 8.11. The molecule has 2 fully saturated rings. The van der Waals surface area contributed by atoms with E-state index in [0.717, 1.165) is 24.7 Å². The molecule has 0 radical (unpaired) electrons. The maximum atomic E-state index is 12.4. The molecule has 1 aliphatic heterocycles. The van der Waals surface area contributed by atoms with E-state index in [1.165, 1.54) is 18.5 Å². The monoisotopic (exact) mass is 357 g/mol. The Morgan fingerprint density at radius 3 is 2.27 bits per heavy atom. The number of hydrogen-bond donors (Lipinski definition) is 1. The minimum Gasteiger partial charge on any atom is -0.372 e. The first kappa shape index (κ1) is 18.7. The standard InChI is InChI=1S/C21H31N3O2/c1-4-23(5-2)21(26)19-14-18(19)20(25)22-16-6-8-17(9-7-16)24-12-10-15(3)11-13-24/h6-9,15,18-19H,4-5,10-14H2,1-3H3,(H,22,25). The van der Waals surface area contributed by atoms with Crippen LogP contribution in [0, 0.1) is 17.8 Å². The van der Waals surface area contributed by atoms with Gasteiger partial charge < -0.3 is 15.1 Å². The second-order valence-electron chi connectivity index (χ2n) is 7.66. The van der Waals surface area contributed by atoms with Crippen molar-refractivity contribution in [1.82, 2.24) is 4.90 Å². The van der Waals surface area contributed by atoms with Gasteiger partial charge in [0.05, 0.1) is 11.8 Å². The number of nitrogens with one attached hydrogen (secondary N) is 1. The van der Waals surface area contributed by atoms with Crippen molar-refractivity contribution in [1.29, 1.82) is 0 Å². The average Bonchev–Trinajstić information content (AvgIpc) is 3.45. The van der Waals surface area contributed by atoms with Gasteiger partial charge in [-0.3, -0.25) is 9.59 Å². The minimum absolute atomic E-state index is 0.0324. The molecule has 1 aliphatic carbocycles. The van der Waals surface area contributed by atoms with Crippen molar-refractivity contribution in [3.8, 4) is 0 Å². The molecule has 2 unspecified atom stereocenters. The van der Waals surface area contributed by atoms with Crippen molar-refractivity contribution in [2.24, 2.45) is 17.8 Å². The van der Waals surface area contributed by atoms with Crippen LogP contribution in [-0.4, -0.2) is 42.9 Å². The Kier molecular flexibility index (Phi) is 5.84. The Morgan fingerprint density at radius 2 is 1.69 bits per heavy atom. The molecule has 3 rings (SSSR count). The zero-order valence-corrected chi connectivity index (χ0v) is 16.2. The highest BCUT2D eigenvalue weighted by Crippen LogP contribution is 2.41. The molecular formula is C21H31N3O2. The fourth-order valence-electron chi connectivity index (χ4n) is 3.78. The number of carbonyl (C=O) groups excluding carboxylic acids is 2. The molecule has 5 heteroatoms. The molecule has 1 aromatic rings. The topological polar surface area (TPSA) is 52.7 Å². The number of benzene rings is 1. The summed E-state index contributed by atoms with van der Waals surface area (Å²) in [5.74, 6) is 0.589. The number of carbonyl (C=O) groups is 2. The van der Waals surface area contributed by atoms with Crippen LogP contribution in [0.1, 0.15) is 40.0 Å². The molecule has 0 spiro atoms. The van der Waals surface area contributed by atoms with Gasteiger partial charge in [-0.15, -0.1) is 0 Å². The van der Waals surface area contributed by atoms with Crippen LogP contribution in [-0.2, 0) is 9.59 Å².